The fraction of sp³-hybridized carbons (Fsp3) is 0.214. The number of hydrogen-bond acceptors (Lipinski definition) is 3. The van der Waals surface area contributed by atoms with Gasteiger partial charge in [0.1, 0.15) is 17.3 Å². The largest absolute Gasteiger partial charge is 0.340 e. The first-order chi connectivity index (χ1) is 9.38. The molecule has 0 radical (unpaired) electrons. The second-order valence-corrected chi connectivity index (χ2v) is 4.53. The molecule has 2 aromatic rings. The van der Waals surface area contributed by atoms with Crippen LogP contribution in [0.3, 0.4) is 0 Å². The van der Waals surface area contributed by atoms with Crippen molar-refractivity contribution < 1.29 is 18.4 Å². The molecule has 2 rings (SSSR count). The zero-order valence-electron chi connectivity index (χ0n) is 11.0. The third-order valence-electron chi connectivity index (χ3n) is 2.86. The lowest BCUT2D eigenvalue weighted by molar-refractivity contribution is 0.0889. The van der Waals surface area contributed by atoms with E-state index in [1.165, 1.54) is 19.4 Å². The van der Waals surface area contributed by atoms with Crippen molar-refractivity contribution in [2.24, 2.45) is 7.05 Å². The van der Waals surface area contributed by atoms with Crippen LogP contribution in [-0.2, 0) is 7.05 Å². The van der Waals surface area contributed by atoms with Crippen molar-refractivity contribution in [2.75, 3.05) is 0 Å². The highest BCUT2D eigenvalue weighted by molar-refractivity contribution is 6.12. The summed E-state index contributed by atoms with van der Waals surface area (Å²) in [6, 6.07) is 1.76. The molecule has 1 aromatic heterocycles. The zero-order chi connectivity index (χ0) is 14.9. The van der Waals surface area contributed by atoms with Gasteiger partial charge in [-0.3, -0.25) is 9.59 Å². The molecule has 0 aliphatic rings. The standard InChI is InChI=1S/C14H12F2N2O2/c1-8-3-11(16)9(4-10(8)15)13(19)5-14(20)12-6-18(2)7-17-12/h3-4,6-7H,5H2,1-2H3. The maximum atomic E-state index is 13.6. The van der Waals surface area contributed by atoms with Gasteiger partial charge in [0, 0.05) is 13.2 Å². The van der Waals surface area contributed by atoms with Gasteiger partial charge in [-0.1, -0.05) is 0 Å². The predicted molar refractivity (Wildman–Crippen MR) is 67.6 cm³/mol. The van der Waals surface area contributed by atoms with Crippen molar-refractivity contribution in [3.63, 3.8) is 0 Å². The Bertz CT molecular complexity index is 692. The molecule has 0 aliphatic carbocycles. The third kappa shape index (κ3) is 2.79. The maximum Gasteiger partial charge on any atom is 0.190 e. The number of hydrogen-bond donors (Lipinski definition) is 0. The highest BCUT2D eigenvalue weighted by Gasteiger charge is 2.19. The number of rotatable bonds is 4. The van der Waals surface area contributed by atoms with Gasteiger partial charge in [-0.15, -0.1) is 0 Å². The third-order valence-corrected chi connectivity index (χ3v) is 2.86. The number of aryl methyl sites for hydroxylation is 2. The van der Waals surface area contributed by atoms with Crippen molar-refractivity contribution in [1.29, 1.82) is 0 Å². The lowest BCUT2D eigenvalue weighted by Crippen LogP contribution is -2.11. The molecule has 20 heavy (non-hydrogen) atoms. The summed E-state index contributed by atoms with van der Waals surface area (Å²) in [7, 11) is 1.68. The molecule has 0 spiro atoms. The second kappa shape index (κ2) is 5.32. The van der Waals surface area contributed by atoms with Crippen molar-refractivity contribution >= 4 is 11.6 Å². The lowest BCUT2D eigenvalue weighted by Gasteiger charge is -2.04. The van der Waals surface area contributed by atoms with Crippen LogP contribution in [0, 0.1) is 18.6 Å². The van der Waals surface area contributed by atoms with E-state index >= 15 is 0 Å². The van der Waals surface area contributed by atoms with E-state index in [9.17, 15) is 18.4 Å². The van der Waals surface area contributed by atoms with E-state index < -0.39 is 35.2 Å². The molecule has 6 heteroatoms. The van der Waals surface area contributed by atoms with E-state index in [1.807, 2.05) is 0 Å². The zero-order valence-corrected chi connectivity index (χ0v) is 11.0. The summed E-state index contributed by atoms with van der Waals surface area (Å²) < 4.78 is 28.5. The number of Topliss-reactive ketones (excluding diaryl/α,β-unsaturated/α-hetero) is 2. The minimum Gasteiger partial charge on any atom is -0.340 e. The fourth-order valence-corrected chi connectivity index (χ4v) is 1.75. The molecule has 4 nitrogen and oxygen atoms in total. The van der Waals surface area contributed by atoms with Crippen LogP contribution in [0.2, 0.25) is 0 Å². The van der Waals surface area contributed by atoms with Crippen LogP contribution < -0.4 is 0 Å². The molecule has 0 aliphatic heterocycles. The van der Waals surface area contributed by atoms with E-state index in [1.54, 1.807) is 11.6 Å². The topological polar surface area (TPSA) is 52.0 Å². The number of ketones is 2. The Morgan fingerprint density at radius 2 is 1.90 bits per heavy atom. The number of imidazole rings is 1. The highest BCUT2D eigenvalue weighted by Crippen LogP contribution is 2.16. The van der Waals surface area contributed by atoms with Crippen LogP contribution in [0.15, 0.2) is 24.7 Å². The van der Waals surface area contributed by atoms with Gasteiger partial charge in [-0.05, 0) is 24.6 Å². The number of carbonyl (C=O) groups excluding carboxylic acids is 2. The summed E-state index contributed by atoms with van der Waals surface area (Å²) in [5, 5.41) is 0. The normalized spacial score (nSPS) is 10.6. The first kappa shape index (κ1) is 14.0. The van der Waals surface area contributed by atoms with E-state index in [-0.39, 0.29) is 11.3 Å². The molecule has 0 saturated heterocycles. The Hall–Kier alpha value is -2.37. The first-order valence-electron chi connectivity index (χ1n) is 5.88. The summed E-state index contributed by atoms with van der Waals surface area (Å²) in [5.41, 5.74) is -0.193. The number of carbonyl (C=O) groups is 2. The summed E-state index contributed by atoms with van der Waals surface area (Å²) in [6.07, 6.45) is 2.34. The average Bonchev–Trinajstić information content (AvgIpc) is 2.80. The van der Waals surface area contributed by atoms with Crippen LogP contribution in [0.1, 0.15) is 32.8 Å². The molecular weight excluding hydrogens is 266 g/mol. The summed E-state index contributed by atoms with van der Waals surface area (Å²) in [4.78, 5) is 27.5. The molecule has 0 saturated carbocycles. The molecule has 0 atom stereocenters. The van der Waals surface area contributed by atoms with Gasteiger partial charge < -0.3 is 4.57 Å². The van der Waals surface area contributed by atoms with Gasteiger partial charge in [0.05, 0.1) is 18.3 Å². The van der Waals surface area contributed by atoms with Gasteiger partial charge in [-0.25, -0.2) is 13.8 Å². The summed E-state index contributed by atoms with van der Waals surface area (Å²) in [6.45, 7) is 1.39. The van der Waals surface area contributed by atoms with E-state index in [4.69, 9.17) is 0 Å². The van der Waals surface area contributed by atoms with Crippen LogP contribution >= 0.6 is 0 Å². The predicted octanol–water partition coefficient (Wildman–Crippen LogP) is 2.46. The van der Waals surface area contributed by atoms with E-state index in [0.29, 0.717) is 0 Å². The van der Waals surface area contributed by atoms with Crippen molar-refractivity contribution in [3.8, 4) is 0 Å². The molecule has 1 heterocycles. The van der Waals surface area contributed by atoms with E-state index in [0.717, 1.165) is 12.1 Å². The van der Waals surface area contributed by atoms with Gasteiger partial charge in [-0.2, -0.15) is 0 Å². The minimum absolute atomic E-state index is 0.107. The molecular formula is C14H12F2N2O2. The van der Waals surface area contributed by atoms with Crippen molar-refractivity contribution in [3.05, 3.63) is 53.1 Å². The van der Waals surface area contributed by atoms with Crippen LogP contribution in [0.5, 0.6) is 0 Å². The molecule has 104 valence electrons. The monoisotopic (exact) mass is 278 g/mol. The molecule has 1 aromatic carbocycles. The lowest BCUT2D eigenvalue weighted by atomic mass is 10.0. The van der Waals surface area contributed by atoms with Crippen molar-refractivity contribution in [2.45, 2.75) is 13.3 Å². The molecule has 0 bridgehead atoms. The van der Waals surface area contributed by atoms with E-state index in [2.05, 4.69) is 4.98 Å². The minimum atomic E-state index is -0.831. The van der Waals surface area contributed by atoms with Crippen LogP contribution in [0.4, 0.5) is 8.78 Å². The number of nitrogens with zero attached hydrogens (tertiary/aromatic N) is 2. The van der Waals surface area contributed by atoms with Gasteiger partial charge in [0.2, 0.25) is 0 Å². The number of benzene rings is 1. The Kier molecular flexibility index (Phi) is 3.74. The Balaban J connectivity index is 2.20. The Morgan fingerprint density at radius 3 is 2.50 bits per heavy atom. The first-order valence-corrected chi connectivity index (χ1v) is 5.88. The summed E-state index contributed by atoms with van der Waals surface area (Å²) in [5.74, 6) is -2.81. The highest BCUT2D eigenvalue weighted by atomic mass is 19.1. The quantitative estimate of drug-likeness (QED) is 0.637. The molecule has 0 amide bonds. The fourth-order valence-electron chi connectivity index (χ4n) is 1.75. The molecule has 0 fully saturated rings. The molecule has 0 N–H and O–H groups in total. The maximum absolute atomic E-state index is 13.6. The smallest absolute Gasteiger partial charge is 0.190 e. The van der Waals surface area contributed by atoms with Gasteiger partial charge in [0.15, 0.2) is 11.6 Å². The second-order valence-electron chi connectivity index (χ2n) is 4.53. The Morgan fingerprint density at radius 1 is 1.20 bits per heavy atom. The number of aromatic nitrogens is 2. The number of halogens is 2. The van der Waals surface area contributed by atoms with Crippen molar-refractivity contribution in [1.82, 2.24) is 9.55 Å². The average molecular weight is 278 g/mol. The summed E-state index contributed by atoms with van der Waals surface area (Å²) >= 11 is 0. The molecule has 0 unspecified atom stereocenters. The van der Waals surface area contributed by atoms with Crippen LogP contribution in [-0.4, -0.2) is 21.1 Å². The SMILES string of the molecule is Cc1cc(F)c(C(=O)CC(=O)c2cn(C)cn2)cc1F. The Labute approximate surface area is 114 Å². The van der Waals surface area contributed by atoms with Gasteiger partial charge >= 0.3 is 0 Å². The van der Waals surface area contributed by atoms with Gasteiger partial charge in [0.25, 0.3) is 0 Å². The van der Waals surface area contributed by atoms with Crippen LogP contribution in [0.25, 0.3) is 0 Å².